The van der Waals surface area contributed by atoms with Crippen molar-refractivity contribution in [2.75, 3.05) is 11.9 Å². The fraction of sp³-hybridized carbons (Fsp3) is 0.0833. The van der Waals surface area contributed by atoms with Crippen molar-refractivity contribution in [3.8, 4) is 0 Å². The molecule has 0 fully saturated rings. The van der Waals surface area contributed by atoms with Crippen LogP contribution in [0.3, 0.4) is 0 Å². The van der Waals surface area contributed by atoms with Crippen molar-refractivity contribution in [1.29, 1.82) is 0 Å². The maximum Gasteiger partial charge on any atom is 0.261 e. The van der Waals surface area contributed by atoms with Gasteiger partial charge in [0, 0.05) is 6.20 Å². The number of carbonyl (C=O) groups is 2. The molecule has 19 heavy (non-hydrogen) atoms. The standard InChI is InChI=1S/C12H10BrN3O2S/c13-8-3-1-5-14-11(8)16-10(17)7-15-12(18)9-4-2-6-19-9/h1-6H,7H2,(H,15,18)(H,14,16,17). The molecule has 0 unspecified atom stereocenters. The average Bonchev–Trinajstić information content (AvgIpc) is 2.93. The van der Waals surface area contributed by atoms with Gasteiger partial charge < -0.3 is 10.6 Å². The molecular weight excluding hydrogens is 330 g/mol. The van der Waals surface area contributed by atoms with E-state index in [1.807, 2.05) is 0 Å². The number of nitrogens with zero attached hydrogens (tertiary/aromatic N) is 1. The van der Waals surface area contributed by atoms with Gasteiger partial charge in [-0.1, -0.05) is 6.07 Å². The number of hydrogen-bond donors (Lipinski definition) is 2. The highest BCUT2D eigenvalue weighted by atomic mass is 79.9. The second-order valence-electron chi connectivity index (χ2n) is 3.54. The van der Waals surface area contributed by atoms with E-state index in [0.29, 0.717) is 15.2 Å². The number of rotatable bonds is 4. The number of thiophene rings is 1. The van der Waals surface area contributed by atoms with Gasteiger partial charge in [-0.3, -0.25) is 9.59 Å². The largest absolute Gasteiger partial charge is 0.342 e. The zero-order valence-electron chi connectivity index (χ0n) is 9.72. The van der Waals surface area contributed by atoms with Crippen LogP contribution < -0.4 is 10.6 Å². The highest BCUT2D eigenvalue weighted by Crippen LogP contribution is 2.17. The van der Waals surface area contributed by atoms with Crippen LogP contribution in [0.5, 0.6) is 0 Å². The minimum absolute atomic E-state index is 0.0975. The van der Waals surface area contributed by atoms with E-state index < -0.39 is 0 Å². The van der Waals surface area contributed by atoms with Crippen molar-refractivity contribution in [1.82, 2.24) is 10.3 Å². The third kappa shape index (κ3) is 3.87. The summed E-state index contributed by atoms with van der Waals surface area (Å²) < 4.78 is 0.688. The molecule has 5 nitrogen and oxygen atoms in total. The lowest BCUT2D eigenvalue weighted by Crippen LogP contribution is -2.32. The third-order valence-electron chi connectivity index (χ3n) is 2.17. The van der Waals surface area contributed by atoms with Gasteiger partial charge in [-0.25, -0.2) is 4.98 Å². The fourth-order valence-corrected chi connectivity index (χ4v) is 2.30. The van der Waals surface area contributed by atoms with Crippen molar-refractivity contribution >= 4 is 44.9 Å². The minimum Gasteiger partial charge on any atom is -0.342 e. The molecule has 0 atom stereocenters. The molecule has 0 bridgehead atoms. The molecule has 0 radical (unpaired) electrons. The Hall–Kier alpha value is -1.73. The zero-order valence-corrected chi connectivity index (χ0v) is 12.1. The summed E-state index contributed by atoms with van der Waals surface area (Å²) in [5.41, 5.74) is 0. The van der Waals surface area contributed by atoms with Gasteiger partial charge in [-0.15, -0.1) is 11.3 Å². The first-order valence-electron chi connectivity index (χ1n) is 5.39. The molecule has 0 aliphatic carbocycles. The molecule has 0 saturated carbocycles. The molecular formula is C12H10BrN3O2S. The molecule has 0 spiro atoms. The van der Waals surface area contributed by atoms with Gasteiger partial charge in [-0.05, 0) is 39.5 Å². The molecule has 2 aromatic heterocycles. The molecule has 2 amide bonds. The molecule has 2 rings (SSSR count). The second kappa shape index (κ2) is 6.44. The van der Waals surface area contributed by atoms with Crippen LogP contribution in [0, 0.1) is 0 Å². The van der Waals surface area contributed by atoms with E-state index in [0.717, 1.165) is 0 Å². The van der Waals surface area contributed by atoms with Gasteiger partial charge in [0.15, 0.2) is 0 Å². The van der Waals surface area contributed by atoms with Gasteiger partial charge in [0.05, 0.1) is 15.9 Å². The maximum atomic E-state index is 11.7. The number of pyridine rings is 1. The van der Waals surface area contributed by atoms with Crippen LogP contribution >= 0.6 is 27.3 Å². The highest BCUT2D eigenvalue weighted by Gasteiger charge is 2.10. The number of hydrogen-bond acceptors (Lipinski definition) is 4. The molecule has 0 aromatic carbocycles. The van der Waals surface area contributed by atoms with Crippen LogP contribution in [-0.4, -0.2) is 23.3 Å². The molecule has 7 heteroatoms. The average molecular weight is 340 g/mol. The Labute approximate surface area is 122 Å². The van der Waals surface area contributed by atoms with Gasteiger partial charge in [0.25, 0.3) is 5.91 Å². The summed E-state index contributed by atoms with van der Waals surface area (Å²) in [5.74, 6) is -0.160. The summed E-state index contributed by atoms with van der Waals surface area (Å²) in [6.45, 7) is -0.0975. The number of amides is 2. The van der Waals surface area contributed by atoms with Gasteiger partial charge in [0.2, 0.25) is 5.91 Å². The molecule has 2 heterocycles. The Balaban J connectivity index is 1.86. The number of anilines is 1. The molecule has 0 aliphatic heterocycles. The van der Waals surface area contributed by atoms with E-state index in [9.17, 15) is 9.59 Å². The van der Waals surface area contributed by atoms with Crippen LogP contribution in [0.2, 0.25) is 0 Å². The summed E-state index contributed by atoms with van der Waals surface area (Å²) in [6.07, 6.45) is 1.57. The Morgan fingerprint density at radius 2 is 2.16 bits per heavy atom. The van der Waals surface area contributed by atoms with E-state index in [1.165, 1.54) is 11.3 Å². The van der Waals surface area contributed by atoms with Gasteiger partial charge in [-0.2, -0.15) is 0 Å². The van der Waals surface area contributed by atoms with Crippen LogP contribution in [0.1, 0.15) is 9.67 Å². The van der Waals surface area contributed by atoms with Crippen molar-refractivity contribution in [2.24, 2.45) is 0 Å². The van der Waals surface area contributed by atoms with E-state index in [4.69, 9.17) is 0 Å². The van der Waals surface area contributed by atoms with Gasteiger partial charge >= 0.3 is 0 Å². The summed E-state index contributed by atoms with van der Waals surface area (Å²) in [7, 11) is 0. The lowest BCUT2D eigenvalue weighted by molar-refractivity contribution is -0.115. The molecule has 0 saturated heterocycles. The second-order valence-corrected chi connectivity index (χ2v) is 5.34. The Morgan fingerprint density at radius 1 is 1.32 bits per heavy atom. The maximum absolute atomic E-state index is 11.7. The predicted octanol–water partition coefficient (Wildman–Crippen LogP) is 2.27. The van der Waals surface area contributed by atoms with Crippen LogP contribution in [0.4, 0.5) is 5.82 Å². The monoisotopic (exact) mass is 339 g/mol. The molecule has 2 aromatic rings. The van der Waals surface area contributed by atoms with Crippen LogP contribution in [0.15, 0.2) is 40.3 Å². The number of nitrogens with one attached hydrogen (secondary N) is 2. The first-order chi connectivity index (χ1) is 9.16. The SMILES string of the molecule is O=C(CNC(=O)c1cccs1)Nc1ncccc1Br. The van der Waals surface area contributed by atoms with Crippen LogP contribution in [0.25, 0.3) is 0 Å². The third-order valence-corrected chi connectivity index (χ3v) is 3.68. The summed E-state index contributed by atoms with van der Waals surface area (Å²) in [6, 6.07) is 7.00. The lowest BCUT2D eigenvalue weighted by Gasteiger charge is -2.06. The molecule has 98 valence electrons. The van der Waals surface area contributed by atoms with Crippen molar-refractivity contribution in [2.45, 2.75) is 0 Å². The van der Waals surface area contributed by atoms with Gasteiger partial charge in [0.1, 0.15) is 5.82 Å². The Kier molecular flexibility index (Phi) is 4.64. The lowest BCUT2D eigenvalue weighted by atomic mass is 10.4. The van der Waals surface area contributed by atoms with E-state index in [2.05, 4.69) is 31.5 Å². The quantitative estimate of drug-likeness (QED) is 0.897. The van der Waals surface area contributed by atoms with Crippen molar-refractivity contribution in [3.63, 3.8) is 0 Å². The number of halogens is 1. The first-order valence-corrected chi connectivity index (χ1v) is 7.06. The van der Waals surface area contributed by atoms with Crippen molar-refractivity contribution < 1.29 is 9.59 Å². The summed E-state index contributed by atoms with van der Waals surface area (Å²) in [5, 5.41) is 6.95. The smallest absolute Gasteiger partial charge is 0.261 e. The first kappa shape index (κ1) is 13.7. The number of aromatic nitrogens is 1. The van der Waals surface area contributed by atoms with E-state index in [-0.39, 0.29) is 18.4 Å². The zero-order chi connectivity index (χ0) is 13.7. The highest BCUT2D eigenvalue weighted by molar-refractivity contribution is 9.10. The van der Waals surface area contributed by atoms with Crippen LogP contribution in [-0.2, 0) is 4.79 Å². The predicted molar refractivity (Wildman–Crippen MR) is 77.2 cm³/mol. The summed E-state index contributed by atoms with van der Waals surface area (Å²) in [4.78, 5) is 27.9. The number of carbonyl (C=O) groups excluding carboxylic acids is 2. The Morgan fingerprint density at radius 3 is 2.84 bits per heavy atom. The fourth-order valence-electron chi connectivity index (χ4n) is 1.31. The van der Waals surface area contributed by atoms with E-state index >= 15 is 0 Å². The van der Waals surface area contributed by atoms with Crippen molar-refractivity contribution in [3.05, 3.63) is 45.2 Å². The molecule has 0 aliphatic rings. The summed E-state index contributed by atoms with van der Waals surface area (Å²) >= 11 is 4.60. The van der Waals surface area contributed by atoms with E-state index in [1.54, 1.807) is 35.8 Å². The topological polar surface area (TPSA) is 71.1 Å². The minimum atomic E-state index is -0.329. The normalized spacial score (nSPS) is 9.95. The Bertz CT molecular complexity index is 586. The molecule has 2 N–H and O–H groups in total.